The highest BCUT2D eigenvalue weighted by atomic mass is 16.5. The summed E-state index contributed by atoms with van der Waals surface area (Å²) in [7, 11) is 0. The van der Waals surface area contributed by atoms with Gasteiger partial charge in [0.15, 0.2) is 0 Å². The average Bonchev–Trinajstić information content (AvgIpc) is 2.47. The van der Waals surface area contributed by atoms with E-state index >= 15 is 0 Å². The van der Waals surface area contributed by atoms with Crippen LogP contribution in [0.25, 0.3) is 10.8 Å². The van der Waals surface area contributed by atoms with Gasteiger partial charge in [0.05, 0.1) is 6.10 Å². The molecule has 1 aliphatic rings. The quantitative estimate of drug-likeness (QED) is 0.882. The van der Waals surface area contributed by atoms with Gasteiger partial charge in [-0.2, -0.15) is 0 Å². The summed E-state index contributed by atoms with van der Waals surface area (Å²) < 4.78 is 5.68. The smallest absolute Gasteiger partial charge is 0.106 e. The molecule has 0 radical (unpaired) electrons. The molecule has 2 heterocycles. The van der Waals surface area contributed by atoms with E-state index < -0.39 is 6.10 Å². The molecule has 0 amide bonds. The summed E-state index contributed by atoms with van der Waals surface area (Å²) in [4.78, 5) is 4.11. The van der Waals surface area contributed by atoms with E-state index in [4.69, 9.17) is 4.74 Å². The number of pyridine rings is 1. The topological polar surface area (TPSA) is 42.4 Å². The van der Waals surface area contributed by atoms with Crippen LogP contribution in [0.5, 0.6) is 0 Å². The third kappa shape index (κ3) is 2.11. The van der Waals surface area contributed by atoms with Crippen molar-refractivity contribution >= 4 is 10.8 Å². The molecule has 3 heteroatoms. The molecule has 3 nitrogen and oxygen atoms in total. The van der Waals surface area contributed by atoms with Crippen LogP contribution in [0.1, 0.15) is 30.9 Å². The lowest BCUT2D eigenvalue weighted by atomic mass is 9.95. The molecule has 0 saturated carbocycles. The fourth-order valence-electron chi connectivity index (χ4n) is 2.62. The van der Waals surface area contributed by atoms with E-state index in [0.29, 0.717) is 0 Å². The molecule has 1 N–H and O–H groups in total. The molecular weight excluding hydrogens is 226 g/mol. The SMILES string of the molecule is OC(c1cccc2cnccc12)C1CCCCO1. The number of benzene rings is 1. The van der Waals surface area contributed by atoms with Crippen molar-refractivity contribution in [3.8, 4) is 0 Å². The Morgan fingerprint density at radius 2 is 2.22 bits per heavy atom. The van der Waals surface area contributed by atoms with E-state index in [9.17, 15) is 5.11 Å². The fourth-order valence-corrected chi connectivity index (χ4v) is 2.62. The highest BCUT2D eigenvalue weighted by Gasteiger charge is 2.25. The Labute approximate surface area is 106 Å². The minimum absolute atomic E-state index is 0.0717. The fraction of sp³-hybridized carbons (Fsp3) is 0.400. The lowest BCUT2D eigenvalue weighted by molar-refractivity contribution is -0.0628. The van der Waals surface area contributed by atoms with Gasteiger partial charge in [-0.25, -0.2) is 0 Å². The first-order chi connectivity index (χ1) is 8.86. The van der Waals surface area contributed by atoms with Gasteiger partial charge in [0.1, 0.15) is 6.10 Å². The van der Waals surface area contributed by atoms with Gasteiger partial charge in [-0.15, -0.1) is 0 Å². The van der Waals surface area contributed by atoms with Crippen LogP contribution >= 0.6 is 0 Å². The van der Waals surface area contributed by atoms with Gasteiger partial charge in [0.2, 0.25) is 0 Å². The highest BCUT2D eigenvalue weighted by Crippen LogP contribution is 2.30. The number of fused-ring (bicyclic) bond motifs is 1. The molecule has 2 atom stereocenters. The van der Waals surface area contributed by atoms with E-state index in [1.165, 1.54) is 0 Å². The Morgan fingerprint density at radius 1 is 1.28 bits per heavy atom. The zero-order valence-electron chi connectivity index (χ0n) is 10.2. The molecule has 0 spiro atoms. The molecule has 2 unspecified atom stereocenters. The summed E-state index contributed by atoms with van der Waals surface area (Å²) in [5, 5.41) is 12.6. The van der Waals surface area contributed by atoms with E-state index in [2.05, 4.69) is 4.98 Å². The Balaban J connectivity index is 1.97. The summed E-state index contributed by atoms with van der Waals surface area (Å²) in [6, 6.07) is 7.91. The maximum absolute atomic E-state index is 10.5. The largest absolute Gasteiger partial charge is 0.386 e. The summed E-state index contributed by atoms with van der Waals surface area (Å²) in [5.74, 6) is 0. The van der Waals surface area contributed by atoms with Crippen LogP contribution in [0.4, 0.5) is 0 Å². The van der Waals surface area contributed by atoms with E-state index in [-0.39, 0.29) is 6.10 Å². The molecule has 1 saturated heterocycles. The van der Waals surface area contributed by atoms with Gasteiger partial charge in [-0.1, -0.05) is 18.2 Å². The average molecular weight is 243 g/mol. The van der Waals surface area contributed by atoms with Gasteiger partial charge < -0.3 is 9.84 Å². The molecule has 0 aliphatic carbocycles. The maximum Gasteiger partial charge on any atom is 0.106 e. The van der Waals surface area contributed by atoms with Crippen LogP contribution in [-0.4, -0.2) is 22.8 Å². The number of ether oxygens (including phenoxy) is 1. The van der Waals surface area contributed by atoms with Crippen molar-refractivity contribution in [3.63, 3.8) is 0 Å². The van der Waals surface area contributed by atoms with E-state index in [1.54, 1.807) is 6.20 Å². The summed E-state index contributed by atoms with van der Waals surface area (Å²) >= 11 is 0. The maximum atomic E-state index is 10.5. The van der Waals surface area contributed by atoms with Gasteiger partial charge in [-0.3, -0.25) is 4.98 Å². The summed E-state index contributed by atoms with van der Waals surface area (Å²) in [6.07, 6.45) is 6.14. The second-order valence-electron chi connectivity index (χ2n) is 4.79. The Bertz CT molecular complexity index is 530. The first-order valence-electron chi connectivity index (χ1n) is 6.48. The van der Waals surface area contributed by atoms with Crippen LogP contribution in [0.2, 0.25) is 0 Å². The first kappa shape index (κ1) is 11.6. The lowest BCUT2D eigenvalue weighted by Gasteiger charge is -2.28. The third-order valence-electron chi connectivity index (χ3n) is 3.60. The van der Waals surface area contributed by atoms with Crippen LogP contribution in [0.3, 0.4) is 0 Å². The van der Waals surface area contributed by atoms with Crippen LogP contribution in [-0.2, 0) is 4.74 Å². The standard InChI is InChI=1S/C15H17NO2/c17-15(14-6-1-2-9-18-14)13-5-3-4-11-10-16-8-7-12(11)13/h3-5,7-8,10,14-15,17H,1-2,6,9H2. The van der Waals surface area contributed by atoms with Crippen molar-refractivity contribution in [1.29, 1.82) is 0 Å². The zero-order chi connectivity index (χ0) is 12.4. The molecule has 1 aromatic heterocycles. The number of hydrogen-bond donors (Lipinski definition) is 1. The lowest BCUT2D eigenvalue weighted by Crippen LogP contribution is -2.26. The number of nitrogens with zero attached hydrogens (tertiary/aromatic N) is 1. The van der Waals surface area contributed by atoms with Gasteiger partial charge in [-0.05, 0) is 36.3 Å². The number of aliphatic hydroxyl groups is 1. The monoisotopic (exact) mass is 243 g/mol. The summed E-state index contributed by atoms with van der Waals surface area (Å²) in [6.45, 7) is 0.758. The predicted molar refractivity (Wildman–Crippen MR) is 70.3 cm³/mol. The first-order valence-corrected chi connectivity index (χ1v) is 6.48. The molecule has 1 fully saturated rings. The van der Waals surface area contributed by atoms with Crippen LogP contribution in [0.15, 0.2) is 36.7 Å². The zero-order valence-corrected chi connectivity index (χ0v) is 10.2. The number of hydrogen-bond acceptors (Lipinski definition) is 3. The van der Waals surface area contributed by atoms with Crippen molar-refractivity contribution in [2.24, 2.45) is 0 Å². The summed E-state index contributed by atoms with van der Waals surface area (Å²) in [5.41, 5.74) is 0.946. The molecule has 18 heavy (non-hydrogen) atoms. The Morgan fingerprint density at radius 3 is 3.06 bits per heavy atom. The minimum Gasteiger partial charge on any atom is -0.386 e. The van der Waals surface area contributed by atoms with Crippen LogP contribution < -0.4 is 0 Å². The number of aromatic nitrogens is 1. The van der Waals surface area contributed by atoms with Crippen molar-refractivity contribution in [3.05, 3.63) is 42.2 Å². The van der Waals surface area contributed by atoms with Crippen molar-refractivity contribution < 1.29 is 9.84 Å². The van der Waals surface area contributed by atoms with Gasteiger partial charge >= 0.3 is 0 Å². The molecule has 1 aromatic carbocycles. The van der Waals surface area contributed by atoms with Crippen molar-refractivity contribution in [2.75, 3.05) is 6.61 Å². The van der Waals surface area contributed by atoms with Gasteiger partial charge in [0.25, 0.3) is 0 Å². The van der Waals surface area contributed by atoms with Crippen molar-refractivity contribution in [1.82, 2.24) is 4.98 Å². The van der Waals surface area contributed by atoms with E-state index in [0.717, 1.165) is 42.2 Å². The second kappa shape index (κ2) is 5.04. The van der Waals surface area contributed by atoms with Gasteiger partial charge in [0, 0.05) is 24.4 Å². The molecule has 3 rings (SSSR count). The number of aliphatic hydroxyl groups excluding tert-OH is 1. The van der Waals surface area contributed by atoms with Crippen molar-refractivity contribution in [2.45, 2.75) is 31.5 Å². The predicted octanol–water partition coefficient (Wildman–Crippen LogP) is 2.84. The molecular formula is C15H17NO2. The molecule has 0 bridgehead atoms. The normalized spacial score (nSPS) is 21.9. The minimum atomic E-state index is -0.545. The highest BCUT2D eigenvalue weighted by molar-refractivity contribution is 5.85. The van der Waals surface area contributed by atoms with Crippen LogP contribution in [0, 0.1) is 0 Å². The molecule has 1 aliphatic heterocycles. The number of rotatable bonds is 2. The Hall–Kier alpha value is -1.45. The van der Waals surface area contributed by atoms with E-state index in [1.807, 2.05) is 30.5 Å². The third-order valence-corrected chi connectivity index (χ3v) is 3.60. The molecule has 2 aromatic rings. The molecule has 94 valence electrons. The Kier molecular flexibility index (Phi) is 3.26. The second-order valence-corrected chi connectivity index (χ2v) is 4.79.